The fraction of sp³-hybridized carbons (Fsp3) is 0.105. The second kappa shape index (κ2) is 14.1. The average Bonchev–Trinajstić information content (AvgIpc) is 3.82. The van der Waals surface area contributed by atoms with Gasteiger partial charge in [0.05, 0.1) is 5.56 Å². The van der Waals surface area contributed by atoms with E-state index in [4.69, 9.17) is 8.83 Å². The predicted octanol–water partition coefficient (Wildman–Crippen LogP) is 16.5. The summed E-state index contributed by atoms with van der Waals surface area (Å²) in [6, 6.07) is 56.5. The van der Waals surface area contributed by atoms with Gasteiger partial charge in [0.2, 0.25) is 0 Å². The Kier molecular flexibility index (Phi) is 8.49. The molecule has 0 atom stereocenters. The van der Waals surface area contributed by atoms with Crippen LogP contribution in [-0.4, -0.2) is 0 Å². The van der Waals surface area contributed by atoms with Gasteiger partial charge in [-0.15, -0.1) is 0 Å². The molecular weight excluding hydrogens is 759 g/mol. The molecule has 11 rings (SSSR count). The van der Waals surface area contributed by atoms with Crippen molar-refractivity contribution < 1.29 is 8.83 Å². The standard InChI is InChI=1S/C57H43N3O2/c1-33-15-17-37(5)50(23-33)59(48-13-9-7-11-35(48)3)44-21-19-39-27-46-52(29-41(39)25-44)61-54-31-43(32-58)57-56(55(46)54)47-28-40-20-22-45(26-42(40)30-53(47)62-57)60(49-14-10-8-12-36(49)4)51-24-34(2)16-18-38(51)6/h7-31H,1-6H3. The van der Waals surface area contributed by atoms with E-state index in [-0.39, 0.29) is 0 Å². The Morgan fingerprint density at radius 3 is 1.40 bits per heavy atom. The Hall–Kier alpha value is -7.81. The molecule has 0 aliphatic heterocycles. The summed E-state index contributed by atoms with van der Waals surface area (Å²) in [5.74, 6) is 0. The van der Waals surface area contributed by atoms with Gasteiger partial charge < -0.3 is 18.6 Å². The van der Waals surface area contributed by atoms with Gasteiger partial charge in [0.1, 0.15) is 22.8 Å². The highest BCUT2D eigenvalue weighted by Crippen LogP contribution is 2.46. The molecule has 298 valence electrons. The average molecular weight is 802 g/mol. The van der Waals surface area contributed by atoms with E-state index < -0.39 is 0 Å². The zero-order valence-electron chi connectivity index (χ0n) is 35.6. The van der Waals surface area contributed by atoms with Crippen molar-refractivity contribution in [2.24, 2.45) is 0 Å². The molecule has 0 aliphatic rings. The summed E-state index contributed by atoms with van der Waals surface area (Å²) >= 11 is 0. The second-order valence-corrected chi connectivity index (χ2v) is 16.9. The molecule has 2 aromatic heterocycles. The first-order valence-corrected chi connectivity index (χ1v) is 21.1. The molecule has 11 aromatic rings. The molecule has 0 radical (unpaired) electrons. The Balaban J connectivity index is 1.09. The van der Waals surface area contributed by atoms with Crippen LogP contribution in [0.5, 0.6) is 0 Å². The van der Waals surface area contributed by atoms with E-state index in [0.29, 0.717) is 16.7 Å². The van der Waals surface area contributed by atoms with Gasteiger partial charge in [-0.25, -0.2) is 0 Å². The minimum atomic E-state index is 0.447. The summed E-state index contributed by atoms with van der Waals surface area (Å²) in [7, 11) is 0. The summed E-state index contributed by atoms with van der Waals surface area (Å²) in [4.78, 5) is 4.71. The van der Waals surface area contributed by atoms with E-state index in [1.165, 1.54) is 33.4 Å². The summed E-state index contributed by atoms with van der Waals surface area (Å²) in [6.45, 7) is 12.9. The summed E-state index contributed by atoms with van der Waals surface area (Å²) in [5.41, 5.74) is 17.1. The third kappa shape index (κ3) is 5.90. The van der Waals surface area contributed by atoms with Gasteiger partial charge >= 0.3 is 0 Å². The molecule has 5 nitrogen and oxygen atoms in total. The van der Waals surface area contributed by atoms with Crippen LogP contribution in [0.2, 0.25) is 0 Å². The van der Waals surface area contributed by atoms with Gasteiger partial charge in [-0.2, -0.15) is 5.26 Å². The third-order valence-electron chi connectivity index (χ3n) is 12.6. The van der Waals surface area contributed by atoms with Crippen molar-refractivity contribution in [2.45, 2.75) is 41.5 Å². The Morgan fingerprint density at radius 2 is 0.887 bits per heavy atom. The molecule has 0 saturated heterocycles. The molecule has 0 amide bonds. The fourth-order valence-electron chi connectivity index (χ4n) is 9.39. The Labute approximate surface area is 360 Å². The maximum absolute atomic E-state index is 10.5. The van der Waals surface area contributed by atoms with Crippen molar-refractivity contribution in [1.29, 1.82) is 5.26 Å². The number of para-hydroxylation sites is 2. The van der Waals surface area contributed by atoms with E-state index in [1.54, 1.807) is 0 Å². The third-order valence-corrected chi connectivity index (χ3v) is 12.6. The van der Waals surface area contributed by atoms with Crippen molar-refractivity contribution in [1.82, 2.24) is 0 Å². The van der Waals surface area contributed by atoms with Crippen molar-refractivity contribution >= 4 is 99.5 Å². The maximum atomic E-state index is 10.5. The normalized spacial score (nSPS) is 11.7. The molecule has 0 bridgehead atoms. The van der Waals surface area contributed by atoms with Crippen LogP contribution < -0.4 is 9.80 Å². The lowest BCUT2D eigenvalue weighted by Crippen LogP contribution is -2.12. The lowest BCUT2D eigenvalue weighted by atomic mass is 9.98. The zero-order valence-corrected chi connectivity index (χ0v) is 35.6. The smallest absolute Gasteiger partial charge is 0.154 e. The van der Waals surface area contributed by atoms with Crippen LogP contribution in [0.1, 0.15) is 38.9 Å². The molecule has 0 spiro atoms. The molecule has 62 heavy (non-hydrogen) atoms. The first-order valence-electron chi connectivity index (χ1n) is 21.1. The number of fused-ring (bicyclic) bond motifs is 9. The summed E-state index contributed by atoms with van der Waals surface area (Å²) in [5, 5.41) is 18.6. The minimum absolute atomic E-state index is 0.447. The largest absolute Gasteiger partial charge is 0.456 e. The van der Waals surface area contributed by atoms with E-state index in [1.807, 2.05) is 6.07 Å². The lowest BCUT2D eigenvalue weighted by molar-refractivity contribution is 0.662. The first kappa shape index (κ1) is 37.2. The molecule has 0 N–H and O–H groups in total. The highest BCUT2D eigenvalue weighted by molar-refractivity contribution is 6.28. The summed E-state index contributed by atoms with van der Waals surface area (Å²) in [6.07, 6.45) is 0. The number of anilines is 6. The van der Waals surface area contributed by atoms with Crippen LogP contribution in [0.15, 0.2) is 160 Å². The van der Waals surface area contributed by atoms with Crippen LogP contribution in [0.4, 0.5) is 34.1 Å². The quantitative estimate of drug-likeness (QED) is 0.168. The highest BCUT2D eigenvalue weighted by Gasteiger charge is 2.23. The number of aryl methyl sites for hydroxylation is 6. The predicted molar refractivity (Wildman–Crippen MR) is 259 cm³/mol. The Morgan fingerprint density at radius 1 is 0.403 bits per heavy atom. The zero-order chi connectivity index (χ0) is 42.4. The number of furan rings is 2. The van der Waals surface area contributed by atoms with Crippen molar-refractivity contribution in [2.75, 3.05) is 9.80 Å². The number of hydrogen-bond donors (Lipinski definition) is 0. The molecule has 0 fully saturated rings. The van der Waals surface area contributed by atoms with Crippen LogP contribution in [0.3, 0.4) is 0 Å². The molecule has 9 aromatic carbocycles. The number of hydrogen-bond acceptors (Lipinski definition) is 5. The first-order chi connectivity index (χ1) is 30.1. The van der Waals surface area contributed by atoms with Gasteiger partial charge in [-0.05, 0) is 169 Å². The number of nitrogens with zero attached hydrogens (tertiary/aromatic N) is 3. The molecule has 5 heteroatoms. The molecule has 0 saturated carbocycles. The summed E-state index contributed by atoms with van der Waals surface area (Å²) < 4.78 is 13.4. The van der Waals surface area contributed by atoms with E-state index in [0.717, 1.165) is 88.4 Å². The van der Waals surface area contributed by atoms with Crippen molar-refractivity contribution in [3.05, 3.63) is 191 Å². The number of rotatable bonds is 6. The van der Waals surface area contributed by atoms with E-state index in [9.17, 15) is 5.26 Å². The van der Waals surface area contributed by atoms with Crippen molar-refractivity contribution in [3.8, 4) is 6.07 Å². The maximum Gasteiger partial charge on any atom is 0.154 e. The van der Waals surface area contributed by atoms with Crippen molar-refractivity contribution in [3.63, 3.8) is 0 Å². The second-order valence-electron chi connectivity index (χ2n) is 16.9. The molecule has 2 heterocycles. The molecule has 0 unspecified atom stereocenters. The number of benzene rings is 9. The van der Waals surface area contributed by atoms with Gasteiger partial charge in [-0.3, -0.25) is 0 Å². The van der Waals surface area contributed by atoms with Gasteiger partial charge in [-0.1, -0.05) is 72.8 Å². The van der Waals surface area contributed by atoms with Gasteiger partial charge in [0.15, 0.2) is 5.58 Å². The van der Waals surface area contributed by atoms with Crippen LogP contribution in [0, 0.1) is 52.9 Å². The topological polar surface area (TPSA) is 56.6 Å². The fourth-order valence-corrected chi connectivity index (χ4v) is 9.39. The van der Waals surface area contributed by atoms with Crippen LogP contribution in [0.25, 0.3) is 65.4 Å². The van der Waals surface area contributed by atoms with Gasteiger partial charge in [0, 0.05) is 61.7 Å². The highest BCUT2D eigenvalue weighted by atomic mass is 16.3. The molecular formula is C57H43N3O2. The number of nitriles is 1. The SMILES string of the molecule is Cc1ccc(C)c(N(c2ccc3cc4c(cc3c2)oc2cc(C#N)c3oc5cc6cc(N(c7ccccc7C)c7cc(C)ccc7C)ccc6cc5c3c24)c2ccccc2C)c1. The lowest BCUT2D eigenvalue weighted by Gasteiger charge is -2.29. The van der Waals surface area contributed by atoms with Crippen LogP contribution in [-0.2, 0) is 0 Å². The van der Waals surface area contributed by atoms with E-state index in [2.05, 4.69) is 203 Å². The minimum Gasteiger partial charge on any atom is -0.456 e. The van der Waals surface area contributed by atoms with Crippen LogP contribution >= 0.6 is 0 Å². The van der Waals surface area contributed by atoms with E-state index >= 15 is 0 Å². The Bertz CT molecular complexity index is 3690. The molecule has 0 aliphatic carbocycles. The monoisotopic (exact) mass is 801 g/mol. The van der Waals surface area contributed by atoms with Gasteiger partial charge in [0.25, 0.3) is 0 Å².